The largest absolute Gasteiger partial charge is 0.306 e. The predicted molar refractivity (Wildman–Crippen MR) is 109 cm³/mol. The fourth-order valence-corrected chi connectivity index (χ4v) is 3.23. The third-order valence-electron chi connectivity index (χ3n) is 4.42. The van der Waals surface area contributed by atoms with Crippen LogP contribution in [0.5, 0.6) is 0 Å². The molecule has 0 spiro atoms. The fourth-order valence-electron chi connectivity index (χ4n) is 3.23. The molecule has 0 saturated heterocycles. The smallest absolute Gasteiger partial charge is 0.256 e. The van der Waals surface area contributed by atoms with Gasteiger partial charge in [-0.1, -0.05) is 6.07 Å². The molecule has 0 unspecified atom stereocenters. The molecule has 2 aromatic carbocycles. The molecule has 4 aromatic rings. The number of hydrogen-bond donors (Lipinski definition) is 1. The van der Waals surface area contributed by atoms with E-state index >= 15 is 0 Å². The van der Waals surface area contributed by atoms with Crippen molar-refractivity contribution in [2.45, 2.75) is 20.8 Å². The van der Waals surface area contributed by atoms with Crippen LogP contribution >= 0.6 is 0 Å². The molecule has 2 aromatic heterocycles. The molecule has 6 nitrogen and oxygen atoms in total. The quantitative estimate of drug-likeness (QED) is 0.584. The number of aryl methyl sites for hydroxylation is 3. The van der Waals surface area contributed by atoms with Crippen LogP contribution in [0.1, 0.15) is 27.2 Å². The zero-order chi connectivity index (χ0) is 19.7. The molecular weight excluding hydrogens is 350 g/mol. The number of hydrogen-bond acceptors (Lipinski definition) is 3. The van der Waals surface area contributed by atoms with Gasteiger partial charge in [-0.15, -0.1) is 0 Å². The van der Waals surface area contributed by atoms with E-state index in [0.717, 1.165) is 28.2 Å². The molecular formula is C22H21N5O. The summed E-state index contributed by atoms with van der Waals surface area (Å²) in [6.07, 6.45) is 3.58. The van der Waals surface area contributed by atoms with Crippen molar-refractivity contribution in [1.29, 1.82) is 0 Å². The minimum atomic E-state index is -0.183. The molecule has 28 heavy (non-hydrogen) atoms. The molecule has 0 aliphatic heterocycles. The maximum atomic E-state index is 12.8. The average molecular weight is 371 g/mol. The van der Waals surface area contributed by atoms with Gasteiger partial charge in [0.15, 0.2) is 0 Å². The molecule has 0 radical (unpaired) electrons. The van der Waals surface area contributed by atoms with Gasteiger partial charge in [0.25, 0.3) is 5.91 Å². The molecule has 1 amide bonds. The molecule has 1 N–H and O–H groups in total. The SMILES string of the molecule is Cc1cc(C)cc(-n2nc(C)cc2NC(=O)c2ccc(-n3cccn3)cc2)c1. The lowest BCUT2D eigenvalue weighted by molar-refractivity contribution is 0.102. The van der Waals surface area contributed by atoms with Gasteiger partial charge < -0.3 is 5.32 Å². The van der Waals surface area contributed by atoms with Crippen molar-refractivity contribution in [1.82, 2.24) is 19.6 Å². The lowest BCUT2D eigenvalue weighted by Crippen LogP contribution is -2.15. The molecule has 2 heterocycles. The Morgan fingerprint density at radius 3 is 2.29 bits per heavy atom. The van der Waals surface area contributed by atoms with Crippen LogP contribution in [0.25, 0.3) is 11.4 Å². The summed E-state index contributed by atoms with van der Waals surface area (Å²) in [7, 11) is 0. The normalized spacial score (nSPS) is 10.8. The van der Waals surface area contributed by atoms with E-state index in [-0.39, 0.29) is 5.91 Å². The maximum absolute atomic E-state index is 12.8. The van der Waals surface area contributed by atoms with E-state index in [1.165, 1.54) is 0 Å². The van der Waals surface area contributed by atoms with Crippen LogP contribution in [-0.2, 0) is 0 Å². The van der Waals surface area contributed by atoms with Crippen molar-refractivity contribution in [3.05, 3.63) is 89.4 Å². The Morgan fingerprint density at radius 1 is 0.929 bits per heavy atom. The van der Waals surface area contributed by atoms with Crippen molar-refractivity contribution >= 4 is 11.7 Å². The molecule has 6 heteroatoms. The van der Waals surface area contributed by atoms with E-state index < -0.39 is 0 Å². The summed E-state index contributed by atoms with van der Waals surface area (Å²) in [5.74, 6) is 0.459. The third-order valence-corrected chi connectivity index (χ3v) is 4.42. The highest BCUT2D eigenvalue weighted by Gasteiger charge is 2.13. The highest BCUT2D eigenvalue weighted by Crippen LogP contribution is 2.20. The first-order valence-electron chi connectivity index (χ1n) is 9.06. The minimum Gasteiger partial charge on any atom is -0.306 e. The van der Waals surface area contributed by atoms with Crippen molar-refractivity contribution in [2.75, 3.05) is 5.32 Å². The summed E-state index contributed by atoms with van der Waals surface area (Å²) < 4.78 is 3.52. The predicted octanol–water partition coefficient (Wildman–Crippen LogP) is 4.24. The molecule has 140 valence electrons. The summed E-state index contributed by atoms with van der Waals surface area (Å²) >= 11 is 0. The van der Waals surface area contributed by atoms with Crippen LogP contribution in [-0.4, -0.2) is 25.5 Å². The van der Waals surface area contributed by atoms with Gasteiger partial charge >= 0.3 is 0 Å². The van der Waals surface area contributed by atoms with E-state index in [1.54, 1.807) is 27.7 Å². The zero-order valence-corrected chi connectivity index (χ0v) is 16.0. The lowest BCUT2D eigenvalue weighted by Gasteiger charge is -2.11. The van der Waals surface area contributed by atoms with E-state index in [2.05, 4.69) is 21.6 Å². The van der Waals surface area contributed by atoms with Gasteiger partial charge in [-0.25, -0.2) is 9.36 Å². The van der Waals surface area contributed by atoms with Crippen molar-refractivity contribution in [3.63, 3.8) is 0 Å². The molecule has 0 aliphatic carbocycles. The zero-order valence-electron chi connectivity index (χ0n) is 16.0. The third kappa shape index (κ3) is 3.57. The van der Waals surface area contributed by atoms with Gasteiger partial charge in [-0.2, -0.15) is 10.2 Å². The number of benzene rings is 2. The van der Waals surface area contributed by atoms with Crippen molar-refractivity contribution in [3.8, 4) is 11.4 Å². The van der Waals surface area contributed by atoms with E-state index in [9.17, 15) is 4.79 Å². The topological polar surface area (TPSA) is 64.7 Å². The Balaban J connectivity index is 1.60. The number of nitrogens with one attached hydrogen (secondary N) is 1. The number of nitrogens with zero attached hydrogens (tertiary/aromatic N) is 4. The van der Waals surface area contributed by atoms with E-state index in [4.69, 9.17) is 0 Å². The molecule has 4 rings (SSSR count). The molecule has 0 aliphatic rings. The van der Waals surface area contributed by atoms with Gasteiger partial charge in [0.05, 0.1) is 17.1 Å². The Bertz CT molecular complexity index is 1100. The molecule has 0 atom stereocenters. The Morgan fingerprint density at radius 2 is 1.64 bits per heavy atom. The van der Waals surface area contributed by atoms with Crippen LogP contribution in [0, 0.1) is 20.8 Å². The van der Waals surface area contributed by atoms with Crippen LogP contribution in [0.15, 0.2) is 67.0 Å². The molecule has 0 fully saturated rings. The first-order valence-corrected chi connectivity index (χ1v) is 9.06. The number of aromatic nitrogens is 4. The summed E-state index contributed by atoms with van der Waals surface area (Å²) in [6, 6.07) is 17.3. The molecule has 0 saturated carbocycles. The second kappa shape index (κ2) is 7.15. The summed E-state index contributed by atoms with van der Waals surface area (Å²) in [6.45, 7) is 6.01. The summed E-state index contributed by atoms with van der Waals surface area (Å²) in [4.78, 5) is 12.8. The van der Waals surface area contributed by atoms with Gasteiger partial charge in [0.2, 0.25) is 0 Å². The van der Waals surface area contributed by atoms with Crippen LogP contribution in [0.3, 0.4) is 0 Å². The Kier molecular flexibility index (Phi) is 4.53. The first kappa shape index (κ1) is 17.7. The number of rotatable bonds is 4. The lowest BCUT2D eigenvalue weighted by atomic mass is 10.1. The minimum absolute atomic E-state index is 0.183. The van der Waals surface area contributed by atoms with Gasteiger partial charge in [0.1, 0.15) is 5.82 Å². The second-order valence-corrected chi connectivity index (χ2v) is 6.88. The van der Waals surface area contributed by atoms with Crippen molar-refractivity contribution < 1.29 is 4.79 Å². The standard InChI is InChI=1S/C22H21N5O/c1-15-11-16(2)13-20(12-15)27-21(14-17(3)25-27)24-22(28)18-5-7-19(8-6-18)26-10-4-9-23-26/h4-14H,1-3H3,(H,24,28). The average Bonchev–Trinajstić information content (AvgIpc) is 3.31. The van der Waals surface area contributed by atoms with E-state index in [0.29, 0.717) is 11.4 Å². The second-order valence-electron chi connectivity index (χ2n) is 6.88. The van der Waals surface area contributed by atoms with Gasteiger partial charge in [0, 0.05) is 24.0 Å². The summed E-state index contributed by atoms with van der Waals surface area (Å²) in [5, 5.41) is 11.7. The van der Waals surface area contributed by atoms with Crippen LogP contribution < -0.4 is 5.32 Å². The Labute approximate surface area is 163 Å². The maximum Gasteiger partial charge on any atom is 0.256 e. The highest BCUT2D eigenvalue weighted by atomic mass is 16.1. The van der Waals surface area contributed by atoms with Gasteiger partial charge in [-0.3, -0.25) is 4.79 Å². The first-order chi connectivity index (χ1) is 13.5. The van der Waals surface area contributed by atoms with Gasteiger partial charge in [-0.05, 0) is 74.4 Å². The van der Waals surface area contributed by atoms with Crippen molar-refractivity contribution in [2.24, 2.45) is 0 Å². The summed E-state index contributed by atoms with van der Waals surface area (Å²) in [5.41, 5.74) is 5.53. The van der Waals surface area contributed by atoms with Crippen LogP contribution in [0.4, 0.5) is 5.82 Å². The number of amides is 1. The fraction of sp³-hybridized carbons (Fsp3) is 0.136. The number of carbonyl (C=O) groups is 1. The van der Waals surface area contributed by atoms with Crippen LogP contribution in [0.2, 0.25) is 0 Å². The number of carbonyl (C=O) groups excluding carboxylic acids is 1. The monoisotopic (exact) mass is 371 g/mol. The Hall–Kier alpha value is -3.67. The number of anilines is 1. The van der Waals surface area contributed by atoms with E-state index in [1.807, 2.05) is 63.4 Å². The highest BCUT2D eigenvalue weighted by molar-refractivity contribution is 6.04. The molecule has 0 bridgehead atoms.